The third kappa shape index (κ3) is 6.00. The van der Waals surface area contributed by atoms with Crippen LogP contribution in [0.5, 0.6) is 0 Å². The van der Waals surface area contributed by atoms with E-state index >= 15 is 0 Å². The zero-order chi connectivity index (χ0) is 13.3. The first-order chi connectivity index (χ1) is 9.34. The minimum Gasteiger partial charge on any atom is -1.00 e. The molecule has 3 heteroatoms. The molecule has 0 saturated carbocycles. The van der Waals surface area contributed by atoms with Gasteiger partial charge in [0.15, 0.2) is 0 Å². The van der Waals surface area contributed by atoms with Gasteiger partial charge < -0.3 is 17.7 Å². The highest BCUT2D eigenvalue weighted by Gasteiger charge is 1.93. The molecule has 20 heavy (non-hydrogen) atoms. The van der Waals surface area contributed by atoms with Crippen molar-refractivity contribution < 1.29 is 16.8 Å². The van der Waals surface area contributed by atoms with E-state index in [0.717, 1.165) is 25.1 Å². The van der Waals surface area contributed by atoms with Gasteiger partial charge in [-0.3, -0.25) is 0 Å². The maximum absolute atomic E-state index is 12.7. The molecule has 2 aromatic rings. The second-order valence-electron chi connectivity index (χ2n) is 4.39. The quantitative estimate of drug-likeness (QED) is 0.772. The van der Waals surface area contributed by atoms with Crippen LogP contribution in [0.15, 0.2) is 60.7 Å². The standard InChI is InChI=1S/C17H18FN.ClH/c18-17-10-8-16(9-11-17)12-14-19-13-4-7-15-5-2-1-3-6-15;/h1-11,19H,12-14H2;1H/p-1/b7-4+;. The summed E-state index contributed by atoms with van der Waals surface area (Å²) in [7, 11) is 0. The number of halogens is 2. The normalized spacial score (nSPS) is 10.4. The molecule has 0 aliphatic rings. The van der Waals surface area contributed by atoms with Gasteiger partial charge in [-0.05, 0) is 36.2 Å². The number of hydrogen-bond donors (Lipinski definition) is 1. The lowest BCUT2D eigenvalue weighted by Gasteiger charge is -2.02. The van der Waals surface area contributed by atoms with E-state index in [9.17, 15) is 4.39 Å². The zero-order valence-electron chi connectivity index (χ0n) is 11.2. The first-order valence-corrected chi connectivity index (χ1v) is 6.51. The molecular weight excluding hydrogens is 273 g/mol. The summed E-state index contributed by atoms with van der Waals surface area (Å²) in [5.74, 6) is -0.178. The van der Waals surface area contributed by atoms with Crippen LogP contribution in [0.4, 0.5) is 4.39 Å². The molecule has 2 aromatic carbocycles. The Morgan fingerprint density at radius 1 is 0.950 bits per heavy atom. The monoisotopic (exact) mass is 290 g/mol. The van der Waals surface area contributed by atoms with E-state index in [1.54, 1.807) is 0 Å². The zero-order valence-corrected chi connectivity index (χ0v) is 12.0. The highest BCUT2D eigenvalue weighted by atomic mass is 35.5. The summed E-state index contributed by atoms with van der Waals surface area (Å²) >= 11 is 0. The second kappa shape index (κ2) is 9.29. The molecule has 0 amide bonds. The molecule has 0 aromatic heterocycles. The van der Waals surface area contributed by atoms with Crippen molar-refractivity contribution in [3.05, 3.63) is 77.6 Å². The lowest BCUT2D eigenvalue weighted by Crippen LogP contribution is -3.00. The predicted molar refractivity (Wildman–Crippen MR) is 78.4 cm³/mol. The van der Waals surface area contributed by atoms with Crippen LogP contribution in [0.25, 0.3) is 6.08 Å². The van der Waals surface area contributed by atoms with Crippen LogP contribution in [0.3, 0.4) is 0 Å². The number of rotatable bonds is 6. The van der Waals surface area contributed by atoms with Crippen LogP contribution in [0.1, 0.15) is 11.1 Å². The van der Waals surface area contributed by atoms with Gasteiger partial charge in [0, 0.05) is 6.54 Å². The first kappa shape index (κ1) is 16.4. The minimum absolute atomic E-state index is 0. The highest BCUT2D eigenvalue weighted by Crippen LogP contribution is 2.03. The van der Waals surface area contributed by atoms with E-state index in [1.807, 2.05) is 30.3 Å². The average molecular weight is 291 g/mol. The van der Waals surface area contributed by atoms with Gasteiger partial charge in [-0.25, -0.2) is 4.39 Å². The van der Waals surface area contributed by atoms with Gasteiger partial charge in [0.2, 0.25) is 0 Å². The minimum atomic E-state index is -0.178. The van der Waals surface area contributed by atoms with Crippen molar-refractivity contribution in [3.63, 3.8) is 0 Å². The molecule has 0 atom stereocenters. The molecular formula is C17H18ClFN-. The summed E-state index contributed by atoms with van der Waals surface area (Å²) < 4.78 is 12.7. The maximum Gasteiger partial charge on any atom is 0.123 e. The van der Waals surface area contributed by atoms with E-state index in [2.05, 4.69) is 29.6 Å². The van der Waals surface area contributed by atoms with Crippen LogP contribution in [0.2, 0.25) is 0 Å². The molecule has 0 spiro atoms. The fourth-order valence-electron chi connectivity index (χ4n) is 1.83. The van der Waals surface area contributed by atoms with Crippen molar-refractivity contribution >= 4 is 6.08 Å². The Hall–Kier alpha value is -1.64. The number of nitrogens with one attached hydrogen (secondary N) is 1. The highest BCUT2D eigenvalue weighted by molar-refractivity contribution is 5.48. The van der Waals surface area contributed by atoms with Crippen molar-refractivity contribution in [3.8, 4) is 0 Å². The molecule has 1 nitrogen and oxygen atoms in total. The van der Waals surface area contributed by atoms with E-state index in [1.165, 1.54) is 17.7 Å². The molecule has 0 aliphatic heterocycles. The van der Waals surface area contributed by atoms with E-state index in [-0.39, 0.29) is 18.2 Å². The Morgan fingerprint density at radius 2 is 1.65 bits per heavy atom. The lowest BCUT2D eigenvalue weighted by atomic mass is 10.1. The smallest absolute Gasteiger partial charge is 0.123 e. The molecule has 0 aliphatic carbocycles. The van der Waals surface area contributed by atoms with Crippen LogP contribution in [-0.2, 0) is 6.42 Å². The molecule has 0 fully saturated rings. The molecule has 0 saturated heterocycles. The first-order valence-electron chi connectivity index (χ1n) is 6.51. The van der Waals surface area contributed by atoms with E-state index in [0.29, 0.717) is 0 Å². The second-order valence-corrected chi connectivity index (χ2v) is 4.39. The van der Waals surface area contributed by atoms with Crippen LogP contribution in [-0.4, -0.2) is 13.1 Å². The van der Waals surface area contributed by atoms with Crippen LogP contribution >= 0.6 is 0 Å². The largest absolute Gasteiger partial charge is 1.00 e. The fraction of sp³-hybridized carbons (Fsp3) is 0.176. The number of hydrogen-bond acceptors (Lipinski definition) is 1. The molecule has 0 radical (unpaired) electrons. The van der Waals surface area contributed by atoms with E-state index in [4.69, 9.17) is 0 Å². The van der Waals surface area contributed by atoms with Gasteiger partial charge in [0.25, 0.3) is 0 Å². The summed E-state index contributed by atoms with van der Waals surface area (Å²) in [6.07, 6.45) is 5.13. The van der Waals surface area contributed by atoms with Crippen molar-refractivity contribution in [1.82, 2.24) is 5.32 Å². The van der Waals surface area contributed by atoms with Crippen LogP contribution < -0.4 is 17.7 Å². The lowest BCUT2D eigenvalue weighted by molar-refractivity contribution is -0.00000442. The number of benzene rings is 2. The summed E-state index contributed by atoms with van der Waals surface area (Å²) in [4.78, 5) is 0. The van der Waals surface area contributed by atoms with Crippen molar-refractivity contribution in [1.29, 1.82) is 0 Å². The Morgan fingerprint density at radius 3 is 2.35 bits per heavy atom. The molecule has 0 heterocycles. The Balaban J connectivity index is 0.00000200. The fourth-order valence-corrected chi connectivity index (χ4v) is 1.83. The van der Waals surface area contributed by atoms with Crippen LogP contribution in [0, 0.1) is 5.82 Å². The van der Waals surface area contributed by atoms with Gasteiger partial charge in [0.05, 0.1) is 0 Å². The molecule has 106 valence electrons. The van der Waals surface area contributed by atoms with Gasteiger partial charge in [-0.2, -0.15) is 0 Å². The van der Waals surface area contributed by atoms with Gasteiger partial charge in [-0.15, -0.1) is 0 Å². The molecule has 1 N–H and O–H groups in total. The SMILES string of the molecule is Fc1ccc(CCNC/C=C/c2ccccc2)cc1.[Cl-]. The van der Waals surface area contributed by atoms with Gasteiger partial charge >= 0.3 is 0 Å². The Bertz CT molecular complexity index is 508. The molecule has 0 bridgehead atoms. The summed E-state index contributed by atoms with van der Waals surface area (Å²) in [6, 6.07) is 16.9. The third-order valence-corrected chi connectivity index (χ3v) is 2.88. The Kier molecular flexibility index (Phi) is 7.63. The maximum atomic E-state index is 12.7. The van der Waals surface area contributed by atoms with Crippen molar-refractivity contribution in [2.45, 2.75) is 6.42 Å². The van der Waals surface area contributed by atoms with E-state index < -0.39 is 0 Å². The summed E-state index contributed by atoms with van der Waals surface area (Å²) in [6.45, 7) is 1.74. The molecule has 2 rings (SSSR count). The predicted octanol–water partition coefficient (Wildman–Crippen LogP) is 0.675. The van der Waals surface area contributed by atoms with Gasteiger partial charge in [-0.1, -0.05) is 54.6 Å². The average Bonchev–Trinajstić information content (AvgIpc) is 2.46. The Labute approximate surface area is 125 Å². The van der Waals surface area contributed by atoms with Crippen molar-refractivity contribution in [2.75, 3.05) is 13.1 Å². The summed E-state index contributed by atoms with van der Waals surface area (Å²) in [5, 5.41) is 3.34. The third-order valence-electron chi connectivity index (χ3n) is 2.88. The summed E-state index contributed by atoms with van der Waals surface area (Å²) in [5.41, 5.74) is 2.36. The molecule has 0 unspecified atom stereocenters. The van der Waals surface area contributed by atoms with Crippen molar-refractivity contribution in [2.24, 2.45) is 0 Å². The topological polar surface area (TPSA) is 12.0 Å². The van der Waals surface area contributed by atoms with Gasteiger partial charge in [0.1, 0.15) is 5.82 Å².